The molecule has 0 amide bonds. The van der Waals surface area contributed by atoms with Gasteiger partial charge in [-0.3, -0.25) is 4.79 Å². The van der Waals surface area contributed by atoms with Crippen molar-refractivity contribution in [3.8, 4) is 11.5 Å². The third-order valence-electron chi connectivity index (χ3n) is 3.77. The average molecular weight is 375 g/mol. The van der Waals surface area contributed by atoms with Gasteiger partial charge >= 0.3 is 0 Å². The smallest absolute Gasteiger partial charge is 0.242 e. The van der Waals surface area contributed by atoms with Gasteiger partial charge in [-0.1, -0.05) is 12.1 Å². The number of carbonyl (C=O) groups is 1. The highest BCUT2D eigenvalue weighted by atomic mass is 32.2. The Morgan fingerprint density at radius 3 is 2.19 bits per heavy atom. The predicted molar refractivity (Wildman–Crippen MR) is 100 cm³/mol. The molecule has 0 saturated heterocycles. The van der Waals surface area contributed by atoms with Gasteiger partial charge in [0.15, 0.2) is 17.3 Å². The lowest BCUT2D eigenvalue weighted by Gasteiger charge is -2.11. The maximum absolute atomic E-state index is 12.3. The van der Waals surface area contributed by atoms with Crippen molar-refractivity contribution < 1.29 is 22.7 Å². The van der Waals surface area contributed by atoms with Crippen molar-refractivity contribution in [2.24, 2.45) is 0 Å². The average Bonchev–Trinajstić information content (AvgIpc) is 2.65. The van der Waals surface area contributed by atoms with Gasteiger partial charge in [0.2, 0.25) is 10.0 Å². The number of carbonyl (C=O) groups excluding carboxylic acids is 1. The molecule has 0 radical (unpaired) electrons. The maximum Gasteiger partial charge on any atom is 0.242 e. The number of ether oxygens (including phenoxy) is 2. The van der Waals surface area contributed by atoms with Crippen LogP contribution in [-0.4, -0.2) is 46.8 Å². The van der Waals surface area contributed by atoms with Gasteiger partial charge in [-0.05, 0) is 42.5 Å². The molecule has 7 heteroatoms. The molecular formula is C19H21NO5S. The summed E-state index contributed by atoms with van der Waals surface area (Å²) in [6.45, 7) is 0. The molecule has 0 aliphatic rings. The molecule has 0 aliphatic heterocycles. The number of sulfonamides is 1. The topological polar surface area (TPSA) is 72.9 Å². The van der Waals surface area contributed by atoms with E-state index in [0.717, 1.165) is 4.31 Å². The molecule has 0 bridgehead atoms. The number of ketones is 1. The van der Waals surface area contributed by atoms with Crippen LogP contribution in [0.1, 0.15) is 15.9 Å². The first-order valence-corrected chi connectivity index (χ1v) is 9.21. The minimum Gasteiger partial charge on any atom is -0.493 e. The maximum atomic E-state index is 12.3. The van der Waals surface area contributed by atoms with Gasteiger partial charge in [-0.2, -0.15) is 0 Å². The first kappa shape index (κ1) is 19.7. The molecule has 26 heavy (non-hydrogen) atoms. The number of rotatable bonds is 7. The lowest BCUT2D eigenvalue weighted by atomic mass is 10.1. The van der Waals surface area contributed by atoms with Crippen molar-refractivity contribution in [1.29, 1.82) is 0 Å². The molecule has 0 heterocycles. The summed E-state index contributed by atoms with van der Waals surface area (Å²) in [5, 5.41) is 0. The molecule has 0 N–H and O–H groups in total. The highest BCUT2D eigenvalue weighted by Crippen LogP contribution is 2.31. The summed E-state index contributed by atoms with van der Waals surface area (Å²) < 4.78 is 35.8. The summed E-state index contributed by atoms with van der Waals surface area (Å²) in [6, 6.07) is 11.2. The third-order valence-corrected chi connectivity index (χ3v) is 5.59. The molecule has 0 atom stereocenters. The zero-order chi connectivity index (χ0) is 19.3. The predicted octanol–water partition coefficient (Wildman–Crippen LogP) is 2.85. The lowest BCUT2D eigenvalue weighted by Crippen LogP contribution is -2.22. The fraction of sp³-hybridized carbons (Fsp3) is 0.211. The van der Waals surface area contributed by atoms with E-state index in [-0.39, 0.29) is 10.7 Å². The molecule has 0 fully saturated rings. The van der Waals surface area contributed by atoms with Crippen LogP contribution in [0.3, 0.4) is 0 Å². The highest BCUT2D eigenvalue weighted by Gasteiger charge is 2.17. The number of nitrogens with zero attached hydrogens (tertiary/aromatic N) is 1. The molecule has 2 aromatic carbocycles. The molecule has 0 unspecified atom stereocenters. The molecule has 0 aliphatic carbocycles. The van der Waals surface area contributed by atoms with E-state index in [4.69, 9.17) is 9.47 Å². The second-order valence-corrected chi connectivity index (χ2v) is 7.74. The van der Waals surface area contributed by atoms with Crippen LogP contribution in [0.5, 0.6) is 11.5 Å². The van der Waals surface area contributed by atoms with Crippen molar-refractivity contribution in [3.63, 3.8) is 0 Å². The third kappa shape index (κ3) is 4.12. The van der Waals surface area contributed by atoms with Crippen molar-refractivity contribution in [3.05, 3.63) is 59.7 Å². The first-order valence-electron chi connectivity index (χ1n) is 7.77. The van der Waals surface area contributed by atoms with Gasteiger partial charge in [-0.25, -0.2) is 12.7 Å². The minimum absolute atomic E-state index is 0.137. The fourth-order valence-electron chi connectivity index (χ4n) is 2.31. The molecular weight excluding hydrogens is 354 g/mol. The Kier molecular flexibility index (Phi) is 6.18. The zero-order valence-corrected chi connectivity index (χ0v) is 15.9. The number of para-hydroxylation sites is 1. The van der Waals surface area contributed by atoms with E-state index in [2.05, 4.69) is 0 Å². The Balaban J connectivity index is 2.25. The summed E-state index contributed by atoms with van der Waals surface area (Å²) in [5.74, 6) is 0.857. The van der Waals surface area contributed by atoms with Crippen LogP contribution in [0.4, 0.5) is 0 Å². The van der Waals surface area contributed by atoms with Gasteiger partial charge in [0, 0.05) is 25.2 Å². The Morgan fingerprint density at radius 2 is 1.65 bits per heavy atom. The van der Waals surface area contributed by atoms with E-state index in [1.807, 2.05) is 0 Å². The second kappa shape index (κ2) is 8.16. The highest BCUT2D eigenvalue weighted by molar-refractivity contribution is 7.89. The SMILES string of the molecule is COc1cccc(/C=C/C(=O)c2ccc(S(=O)(=O)N(C)C)cc2)c1OC. The van der Waals surface area contributed by atoms with Crippen molar-refractivity contribution in [2.45, 2.75) is 4.90 Å². The van der Waals surface area contributed by atoms with Crippen LogP contribution >= 0.6 is 0 Å². The van der Waals surface area contributed by atoms with E-state index < -0.39 is 10.0 Å². The van der Waals surface area contributed by atoms with Crippen molar-refractivity contribution >= 4 is 21.9 Å². The summed E-state index contributed by atoms with van der Waals surface area (Å²) >= 11 is 0. The van der Waals surface area contributed by atoms with Crippen LogP contribution < -0.4 is 9.47 Å². The Bertz CT molecular complexity index is 915. The molecule has 0 saturated carbocycles. The quantitative estimate of drug-likeness (QED) is 0.550. The summed E-state index contributed by atoms with van der Waals surface area (Å²) in [5.41, 5.74) is 1.09. The first-order chi connectivity index (χ1) is 12.3. The number of hydrogen-bond donors (Lipinski definition) is 0. The summed E-state index contributed by atoms with van der Waals surface area (Å²) in [7, 11) is 2.47. The number of methoxy groups -OCH3 is 2. The molecule has 138 valence electrons. The molecule has 0 spiro atoms. The standard InChI is InChI=1S/C19H21NO5S/c1-20(2)26(22,23)16-11-8-14(9-12-16)17(21)13-10-15-6-5-7-18(24-3)19(15)25-4/h5-13H,1-4H3/b13-10+. The van der Waals surface area contributed by atoms with Crippen LogP contribution in [0.15, 0.2) is 53.4 Å². The summed E-state index contributed by atoms with van der Waals surface area (Å²) in [6.07, 6.45) is 3.04. The monoisotopic (exact) mass is 375 g/mol. The number of hydrogen-bond acceptors (Lipinski definition) is 5. The van der Waals surface area contributed by atoms with E-state index in [1.165, 1.54) is 51.5 Å². The van der Waals surface area contributed by atoms with Gasteiger partial charge < -0.3 is 9.47 Å². The molecule has 2 rings (SSSR count). The second-order valence-electron chi connectivity index (χ2n) is 5.59. The number of benzene rings is 2. The van der Waals surface area contributed by atoms with Crippen LogP contribution in [0, 0.1) is 0 Å². The molecule has 6 nitrogen and oxygen atoms in total. The Labute approximate surface area is 153 Å². The van der Waals surface area contributed by atoms with Crippen LogP contribution in [0.2, 0.25) is 0 Å². The van der Waals surface area contributed by atoms with E-state index in [1.54, 1.807) is 31.4 Å². The molecule has 2 aromatic rings. The van der Waals surface area contributed by atoms with Gasteiger partial charge in [0.25, 0.3) is 0 Å². The minimum atomic E-state index is -3.52. The van der Waals surface area contributed by atoms with Crippen molar-refractivity contribution in [1.82, 2.24) is 4.31 Å². The lowest BCUT2D eigenvalue weighted by molar-refractivity contribution is 0.104. The largest absolute Gasteiger partial charge is 0.493 e. The van der Waals surface area contributed by atoms with Crippen LogP contribution in [-0.2, 0) is 10.0 Å². The molecule has 0 aromatic heterocycles. The van der Waals surface area contributed by atoms with Crippen molar-refractivity contribution in [2.75, 3.05) is 28.3 Å². The normalized spacial score (nSPS) is 11.7. The van der Waals surface area contributed by atoms with Gasteiger partial charge in [0.05, 0.1) is 19.1 Å². The van der Waals surface area contributed by atoms with Crippen LogP contribution in [0.25, 0.3) is 6.08 Å². The Hall–Kier alpha value is -2.64. The van der Waals surface area contributed by atoms with E-state index >= 15 is 0 Å². The van der Waals surface area contributed by atoms with Gasteiger partial charge in [-0.15, -0.1) is 0 Å². The fourth-order valence-corrected chi connectivity index (χ4v) is 3.21. The summed E-state index contributed by atoms with van der Waals surface area (Å²) in [4.78, 5) is 12.5. The van der Waals surface area contributed by atoms with E-state index in [9.17, 15) is 13.2 Å². The zero-order valence-electron chi connectivity index (χ0n) is 15.1. The number of allylic oxidation sites excluding steroid dienone is 1. The van der Waals surface area contributed by atoms with Gasteiger partial charge in [0.1, 0.15) is 0 Å². The Morgan fingerprint density at radius 1 is 1.00 bits per heavy atom. The van der Waals surface area contributed by atoms with E-state index in [0.29, 0.717) is 22.6 Å².